The Labute approximate surface area is 74.3 Å². The molecule has 0 heterocycles. The molecule has 0 bridgehead atoms. The molecule has 0 saturated carbocycles. The van der Waals surface area contributed by atoms with Crippen LogP contribution in [0.3, 0.4) is 0 Å². The maximum atomic E-state index is 10.4. The van der Waals surface area contributed by atoms with E-state index in [0.29, 0.717) is 6.42 Å². The Kier molecular flexibility index (Phi) is 6.76. The molecule has 2 N–H and O–H groups in total. The lowest BCUT2D eigenvalue weighted by atomic mass is 10.2. The van der Waals surface area contributed by atoms with Gasteiger partial charge in [0.15, 0.2) is 0 Å². The SMILES string of the molecule is CCCCCOC(C)CC(N)=O. The summed E-state index contributed by atoms with van der Waals surface area (Å²) in [6.45, 7) is 4.76. The molecule has 0 aromatic heterocycles. The van der Waals surface area contributed by atoms with Gasteiger partial charge in [-0.25, -0.2) is 0 Å². The van der Waals surface area contributed by atoms with E-state index in [4.69, 9.17) is 10.5 Å². The topological polar surface area (TPSA) is 52.3 Å². The van der Waals surface area contributed by atoms with Crippen LogP contribution in [0.5, 0.6) is 0 Å². The molecule has 0 saturated heterocycles. The highest BCUT2D eigenvalue weighted by molar-refractivity contribution is 5.74. The van der Waals surface area contributed by atoms with Crippen LogP contribution in [0.15, 0.2) is 0 Å². The Balaban J connectivity index is 3.19. The quantitative estimate of drug-likeness (QED) is 0.592. The molecule has 0 aromatic carbocycles. The summed E-state index contributed by atoms with van der Waals surface area (Å²) < 4.78 is 5.35. The fraction of sp³-hybridized carbons (Fsp3) is 0.889. The summed E-state index contributed by atoms with van der Waals surface area (Å²) in [5, 5.41) is 0. The summed E-state index contributed by atoms with van der Waals surface area (Å²) >= 11 is 0. The first-order valence-electron chi connectivity index (χ1n) is 4.56. The fourth-order valence-corrected chi connectivity index (χ4v) is 0.979. The molecule has 12 heavy (non-hydrogen) atoms. The van der Waals surface area contributed by atoms with Crippen molar-refractivity contribution in [1.29, 1.82) is 0 Å². The van der Waals surface area contributed by atoms with Gasteiger partial charge in [0, 0.05) is 6.61 Å². The van der Waals surface area contributed by atoms with Crippen molar-refractivity contribution in [3.63, 3.8) is 0 Å². The van der Waals surface area contributed by atoms with Gasteiger partial charge in [-0.15, -0.1) is 0 Å². The minimum atomic E-state index is -0.294. The number of nitrogens with two attached hydrogens (primary N) is 1. The Morgan fingerprint density at radius 3 is 2.67 bits per heavy atom. The van der Waals surface area contributed by atoms with Crippen molar-refractivity contribution in [2.75, 3.05) is 6.61 Å². The van der Waals surface area contributed by atoms with Gasteiger partial charge in [0.05, 0.1) is 12.5 Å². The van der Waals surface area contributed by atoms with Crippen molar-refractivity contribution in [1.82, 2.24) is 0 Å². The van der Waals surface area contributed by atoms with Gasteiger partial charge in [0.1, 0.15) is 0 Å². The van der Waals surface area contributed by atoms with Crippen molar-refractivity contribution in [2.24, 2.45) is 5.73 Å². The zero-order valence-electron chi connectivity index (χ0n) is 8.01. The molecule has 0 aliphatic rings. The first-order valence-corrected chi connectivity index (χ1v) is 4.56. The molecule has 0 fully saturated rings. The highest BCUT2D eigenvalue weighted by Gasteiger charge is 2.04. The average Bonchev–Trinajstić information content (AvgIpc) is 1.97. The number of hydrogen-bond acceptors (Lipinski definition) is 2. The number of ether oxygens (including phenoxy) is 1. The molecule has 1 unspecified atom stereocenters. The molecular formula is C9H19NO2. The molecule has 0 spiro atoms. The summed E-state index contributed by atoms with van der Waals surface area (Å²) in [6, 6.07) is 0. The van der Waals surface area contributed by atoms with E-state index in [1.807, 2.05) is 6.92 Å². The van der Waals surface area contributed by atoms with E-state index in [-0.39, 0.29) is 12.0 Å². The number of primary amides is 1. The van der Waals surface area contributed by atoms with Crippen molar-refractivity contribution in [3.05, 3.63) is 0 Å². The third kappa shape index (κ3) is 7.54. The van der Waals surface area contributed by atoms with E-state index < -0.39 is 0 Å². The predicted molar refractivity (Wildman–Crippen MR) is 48.8 cm³/mol. The van der Waals surface area contributed by atoms with E-state index >= 15 is 0 Å². The van der Waals surface area contributed by atoms with Crippen molar-refractivity contribution >= 4 is 5.91 Å². The van der Waals surface area contributed by atoms with Crippen LogP contribution in [0.4, 0.5) is 0 Å². The van der Waals surface area contributed by atoms with Gasteiger partial charge >= 0.3 is 0 Å². The number of amides is 1. The summed E-state index contributed by atoms with van der Waals surface area (Å²) in [6.07, 6.45) is 3.74. The standard InChI is InChI=1S/C9H19NO2/c1-3-4-5-6-12-8(2)7-9(10)11/h8H,3-7H2,1-2H3,(H2,10,11). The smallest absolute Gasteiger partial charge is 0.220 e. The van der Waals surface area contributed by atoms with Crippen LogP contribution < -0.4 is 5.73 Å². The second-order valence-electron chi connectivity index (χ2n) is 3.06. The number of unbranched alkanes of at least 4 members (excludes halogenated alkanes) is 2. The van der Waals surface area contributed by atoms with Gasteiger partial charge in [-0.2, -0.15) is 0 Å². The monoisotopic (exact) mass is 173 g/mol. The van der Waals surface area contributed by atoms with E-state index in [9.17, 15) is 4.79 Å². The van der Waals surface area contributed by atoms with Crippen LogP contribution in [0.2, 0.25) is 0 Å². The van der Waals surface area contributed by atoms with E-state index in [2.05, 4.69) is 6.92 Å². The third-order valence-corrected chi connectivity index (χ3v) is 1.64. The molecular weight excluding hydrogens is 154 g/mol. The molecule has 0 aliphatic carbocycles. The Morgan fingerprint density at radius 1 is 1.50 bits per heavy atom. The minimum Gasteiger partial charge on any atom is -0.378 e. The van der Waals surface area contributed by atoms with Gasteiger partial charge in [-0.1, -0.05) is 19.8 Å². The molecule has 1 atom stereocenters. The molecule has 0 radical (unpaired) electrons. The normalized spacial score (nSPS) is 12.8. The van der Waals surface area contributed by atoms with Crippen LogP contribution in [-0.4, -0.2) is 18.6 Å². The number of carbonyl (C=O) groups excluding carboxylic acids is 1. The molecule has 0 aromatic rings. The van der Waals surface area contributed by atoms with Gasteiger partial charge in [0.2, 0.25) is 5.91 Å². The Hall–Kier alpha value is -0.570. The van der Waals surface area contributed by atoms with Crippen LogP contribution in [0.25, 0.3) is 0 Å². The second kappa shape index (κ2) is 7.10. The van der Waals surface area contributed by atoms with Crippen molar-refractivity contribution < 1.29 is 9.53 Å². The van der Waals surface area contributed by atoms with Gasteiger partial charge in [-0.05, 0) is 13.3 Å². The molecule has 1 amide bonds. The highest BCUT2D eigenvalue weighted by atomic mass is 16.5. The molecule has 0 rings (SSSR count). The Bertz CT molecular complexity index is 126. The number of carbonyl (C=O) groups is 1. The summed E-state index contributed by atoms with van der Waals surface area (Å²) in [4.78, 5) is 10.4. The first-order chi connectivity index (χ1) is 5.66. The molecule has 0 aliphatic heterocycles. The molecule has 3 heteroatoms. The molecule has 72 valence electrons. The lowest BCUT2D eigenvalue weighted by Gasteiger charge is -2.10. The lowest BCUT2D eigenvalue weighted by molar-refractivity contribution is -0.120. The predicted octanol–water partition coefficient (Wildman–Crippen LogP) is 1.46. The van der Waals surface area contributed by atoms with Gasteiger partial charge in [0.25, 0.3) is 0 Å². The summed E-state index contributed by atoms with van der Waals surface area (Å²) in [7, 11) is 0. The maximum absolute atomic E-state index is 10.4. The second-order valence-corrected chi connectivity index (χ2v) is 3.06. The first kappa shape index (κ1) is 11.4. The highest BCUT2D eigenvalue weighted by Crippen LogP contribution is 2.00. The third-order valence-electron chi connectivity index (χ3n) is 1.64. The lowest BCUT2D eigenvalue weighted by Crippen LogP contribution is -2.20. The Morgan fingerprint density at radius 2 is 2.17 bits per heavy atom. The number of rotatable bonds is 7. The van der Waals surface area contributed by atoms with E-state index in [0.717, 1.165) is 13.0 Å². The molecule has 3 nitrogen and oxygen atoms in total. The van der Waals surface area contributed by atoms with Crippen molar-refractivity contribution in [2.45, 2.75) is 45.6 Å². The average molecular weight is 173 g/mol. The van der Waals surface area contributed by atoms with Gasteiger partial charge in [-0.3, -0.25) is 4.79 Å². The zero-order chi connectivity index (χ0) is 9.40. The zero-order valence-corrected chi connectivity index (χ0v) is 8.01. The fourth-order valence-electron chi connectivity index (χ4n) is 0.979. The van der Waals surface area contributed by atoms with Crippen molar-refractivity contribution in [3.8, 4) is 0 Å². The largest absolute Gasteiger partial charge is 0.378 e. The summed E-state index contributed by atoms with van der Waals surface area (Å²) in [5.41, 5.74) is 5.00. The van der Waals surface area contributed by atoms with Crippen LogP contribution in [0, 0.1) is 0 Å². The maximum Gasteiger partial charge on any atom is 0.220 e. The minimum absolute atomic E-state index is 0.0284. The van der Waals surface area contributed by atoms with Crippen LogP contribution in [-0.2, 0) is 9.53 Å². The van der Waals surface area contributed by atoms with E-state index in [1.54, 1.807) is 0 Å². The van der Waals surface area contributed by atoms with Crippen LogP contribution in [0.1, 0.15) is 39.5 Å². The number of hydrogen-bond donors (Lipinski definition) is 1. The van der Waals surface area contributed by atoms with Gasteiger partial charge < -0.3 is 10.5 Å². The van der Waals surface area contributed by atoms with E-state index in [1.165, 1.54) is 12.8 Å². The van der Waals surface area contributed by atoms with Crippen LogP contribution >= 0.6 is 0 Å². The summed E-state index contributed by atoms with van der Waals surface area (Å²) in [5.74, 6) is -0.294.